The average molecular weight is 332 g/mol. The molecule has 0 radical (unpaired) electrons. The lowest BCUT2D eigenvalue weighted by Crippen LogP contribution is -2.31. The van der Waals surface area contributed by atoms with Crippen LogP contribution in [0.15, 0.2) is 43.0 Å². The Morgan fingerprint density at radius 3 is 2.65 bits per heavy atom. The van der Waals surface area contributed by atoms with Gasteiger partial charge in [0, 0.05) is 6.54 Å². The summed E-state index contributed by atoms with van der Waals surface area (Å²) in [6, 6.07) is 9.28. The predicted molar refractivity (Wildman–Crippen MR) is 88.0 cm³/mol. The second kappa shape index (κ2) is 7.55. The van der Waals surface area contributed by atoms with Gasteiger partial charge in [-0.3, -0.25) is 0 Å². The number of nitrogens with zero attached hydrogens (tertiary/aromatic N) is 2. The fraction of sp³-hybridized carbons (Fsp3) is 0.188. The molecule has 23 heavy (non-hydrogen) atoms. The molecule has 6 nitrogen and oxygen atoms in total. The minimum Gasteiger partial charge on any atom is -0.477 e. The van der Waals surface area contributed by atoms with Gasteiger partial charge >= 0.3 is 12.1 Å². The van der Waals surface area contributed by atoms with Crippen LogP contribution in [0, 0.1) is 6.92 Å². The second-order valence-electron chi connectivity index (χ2n) is 4.66. The van der Waals surface area contributed by atoms with Gasteiger partial charge in [-0.15, -0.1) is 6.58 Å². The van der Waals surface area contributed by atoms with Crippen LogP contribution < -0.4 is 4.90 Å². The van der Waals surface area contributed by atoms with Gasteiger partial charge in [0.25, 0.3) is 0 Å². The number of carbonyl (C=O) groups is 2. The minimum atomic E-state index is -1.07. The molecule has 0 bridgehead atoms. The molecule has 1 amide bonds. The maximum Gasteiger partial charge on any atom is 0.416 e. The smallest absolute Gasteiger partial charge is 0.416 e. The van der Waals surface area contributed by atoms with E-state index in [0.717, 1.165) is 16.9 Å². The highest BCUT2D eigenvalue weighted by molar-refractivity contribution is 7.17. The maximum absolute atomic E-state index is 12.3. The van der Waals surface area contributed by atoms with Crippen molar-refractivity contribution in [1.29, 1.82) is 0 Å². The Bertz CT molecular complexity index is 712. The maximum atomic E-state index is 12.3. The Kier molecular flexibility index (Phi) is 5.48. The number of aryl methyl sites for hydroxylation is 1. The molecule has 7 heteroatoms. The minimum absolute atomic E-state index is 0.102. The van der Waals surface area contributed by atoms with E-state index in [9.17, 15) is 9.59 Å². The molecule has 1 heterocycles. The van der Waals surface area contributed by atoms with Crippen molar-refractivity contribution in [3.05, 3.63) is 59.1 Å². The van der Waals surface area contributed by atoms with Crippen molar-refractivity contribution in [3.8, 4) is 0 Å². The Labute approximate surface area is 137 Å². The summed E-state index contributed by atoms with van der Waals surface area (Å²) in [6.45, 7) is 5.50. The van der Waals surface area contributed by atoms with E-state index in [0.29, 0.717) is 5.69 Å². The van der Waals surface area contributed by atoms with E-state index < -0.39 is 12.1 Å². The van der Waals surface area contributed by atoms with Gasteiger partial charge in [-0.25, -0.2) is 19.5 Å². The number of hydrogen-bond acceptors (Lipinski definition) is 5. The fourth-order valence-electron chi connectivity index (χ4n) is 1.85. The average Bonchev–Trinajstić information content (AvgIpc) is 2.93. The van der Waals surface area contributed by atoms with E-state index in [1.807, 2.05) is 30.3 Å². The Morgan fingerprint density at radius 2 is 2.09 bits per heavy atom. The number of benzene rings is 1. The van der Waals surface area contributed by atoms with Gasteiger partial charge in [0.05, 0.1) is 5.69 Å². The van der Waals surface area contributed by atoms with Crippen LogP contribution in [0.5, 0.6) is 0 Å². The summed E-state index contributed by atoms with van der Waals surface area (Å²) in [6.07, 6.45) is 0.931. The summed E-state index contributed by atoms with van der Waals surface area (Å²) in [5, 5.41) is 9.37. The summed E-state index contributed by atoms with van der Waals surface area (Å²) in [5.41, 5.74) is 1.23. The molecular formula is C16H16N2O4S. The van der Waals surface area contributed by atoms with Crippen LogP contribution >= 0.6 is 11.3 Å². The van der Waals surface area contributed by atoms with Crippen LogP contribution in [0.2, 0.25) is 0 Å². The molecule has 0 aliphatic carbocycles. The van der Waals surface area contributed by atoms with Crippen molar-refractivity contribution in [1.82, 2.24) is 4.98 Å². The highest BCUT2D eigenvalue weighted by Crippen LogP contribution is 2.26. The molecule has 0 saturated heterocycles. The topological polar surface area (TPSA) is 79.7 Å². The summed E-state index contributed by atoms with van der Waals surface area (Å²) >= 11 is 0.932. The molecular weight excluding hydrogens is 316 g/mol. The van der Waals surface area contributed by atoms with Crippen molar-refractivity contribution in [3.63, 3.8) is 0 Å². The van der Waals surface area contributed by atoms with Crippen molar-refractivity contribution >= 4 is 28.5 Å². The third kappa shape index (κ3) is 4.17. The molecule has 0 aliphatic heterocycles. The van der Waals surface area contributed by atoms with Gasteiger partial charge in [-0.1, -0.05) is 47.7 Å². The number of hydrogen-bond donors (Lipinski definition) is 1. The molecule has 1 aromatic carbocycles. The van der Waals surface area contributed by atoms with Crippen LogP contribution in [-0.2, 0) is 11.3 Å². The van der Waals surface area contributed by atoms with Crippen molar-refractivity contribution < 1.29 is 19.4 Å². The molecule has 0 spiro atoms. The predicted octanol–water partition coefficient (Wildman–Crippen LogP) is 3.48. The number of carboxylic acid groups (broad SMARTS) is 1. The summed E-state index contributed by atoms with van der Waals surface area (Å²) < 4.78 is 5.27. The van der Waals surface area contributed by atoms with E-state index in [4.69, 9.17) is 9.84 Å². The molecule has 0 unspecified atom stereocenters. The number of aromatic carboxylic acids is 1. The summed E-state index contributed by atoms with van der Waals surface area (Å²) in [5.74, 6) is -1.07. The monoisotopic (exact) mass is 332 g/mol. The molecule has 0 saturated carbocycles. The highest BCUT2D eigenvalue weighted by atomic mass is 32.1. The first-order valence-electron chi connectivity index (χ1n) is 6.82. The third-order valence-corrected chi connectivity index (χ3v) is 4.12. The molecule has 2 aromatic rings. The van der Waals surface area contributed by atoms with E-state index >= 15 is 0 Å². The van der Waals surface area contributed by atoms with Gasteiger partial charge in [-0.05, 0) is 12.5 Å². The number of rotatable bonds is 6. The number of amides is 1. The normalized spacial score (nSPS) is 10.1. The molecule has 0 aliphatic rings. The quantitative estimate of drug-likeness (QED) is 0.819. The highest BCUT2D eigenvalue weighted by Gasteiger charge is 2.23. The molecule has 0 fully saturated rings. The van der Waals surface area contributed by atoms with Gasteiger partial charge in [0.2, 0.25) is 0 Å². The zero-order valence-corrected chi connectivity index (χ0v) is 13.4. The van der Waals surface area contributed by atoms with Crippen molar-refractivity contribution in [2.45, 2.75) is 13.5 Å². The second-order valence-corrected chi connectivity index (χ2v) is 5.63. The summed E-state index contributed by atoms with van der Waals surface area (Å²) in [4.78, 5) is 28.9. The largest absolute Gasteiger partial charge is 0.477 e. The molecule has 120 valence electrons. The first kappa shape index (κ1) is 16.7. The number of thiazole rings is 1. The first-order valence-corrected chi connectivity index (χ1v) is 7.64. The van der Waals surface area contributed by atoms with Gasteiger partial charge in [0.1, 0.15) is 11.5 Å². The number of carboxylic acids is 1. The molecule has 2 rings (SSSR count). The van der Waals surface area contributed by atoms with Crippen LogP contribution in [0.4, 0.5) is 9.93 Å². The van der Waals surface area contributed by atoms with E-state index in [2.05, 4.69) is 11.6 Å². The van der Waals surface area contributed by atoms with Crippen molar-refractivity contribution in [2.75, 3.05) is 11.4 Å². The van der Waals surface area contributed by atoms with Crippen LogP contribution in [0.25, 0.3) is 0 Å². The lowest BCUT2D eigenvalue weighted by molar-refractivity contribution is 0.0701. The zero-order valence-electron chi connectivity index (χ0n) is 12.6. The van der Waals surface area contributed by atoms with Crippen LogP contribution in [0.3, 0.4) is 0 Å². The molecule has 1 N–H and O–H groups in total. The molecule has 0 atom stereocenters. The van der Waals surface area contributed by atoms with E-state index in [-0.39, 0.29) is 23.2 Å². The lowest BCUT2D eigenvalue weighted by atomic mass is 10.2. The van der Waals surface area contributed by atoms with Crippen LogP contribution in [-0.4, -0.2) is 28.7 Å². The van der Waals surface area contributed by atoms with Crippen molar-refractivity contribution in [2.24, 2.45) is 0 Å². The number of aromatic nitrogens is 1. The van der Waals surface area contributed by atoms with Gasteiger partial charge < -0.3 is 9.84 Å². The van der Waals surface area contributed by atoms with Gasteiger partial charge in [0.15, 0.2) is 5.13 Å². The van der Waals surface area contributed by atoms with Gasteiger partial charge in [-0.2, -0.15) is 0 Å². The Balaban J connectivity index is 2.14. The standard InChI is InChI=1S/C16H16N2O4S/c1-3-9-18(15-17-11(2)13(23-15)14(19)20)16(21)22-10-12-7-5-4-6-8-12/h3-8H,1,9-10H2,2H3,(H,19,20). The lowest BCUT2D eigenvalue weighted by Gasteiger charge is -2.17. The van der Waals surface area contributed by atoms with E-state index in [1.165, 1.54) is 11.0 Å². The Hall–Kier alpha value is -2.67. The first-order chi connectivity index (χ1) is 11.0. The number of ether oxygens (including phenoxy) is 1. The number of carbonyl (C=O) groups excluding carboxylic acids is 1. The van der Waals surface area contributed by atoms with E-state index in [1.54, 1.807) is 6.92 Å². The zero-order chi connectivity index (χ0) is 16.8. The fourth-order valence-corrected chi connectivity index (χ4v) is 2.76. The van der Waals surface area contributed by atoms with Crippen LogP contribution in [0.1, 0.15) is 20.9 Å². The third-order valence-electron chi connectivity index (χ3n) is 2.95. The number of anilines is 1. The summed E-state index contributed by atoms with van der Waals surface area (Å²) in [7, 11) is 0. The molecule has 1 aromatic heterocycles. The Morgan fingerprint density at radius 1 is 1.39 bits per heavy atom. The SMILES string of the molecule is C=CCN(C(=O)OCc1ccccc1)c1nc(C)c(C(=O)O)s1.